The molecule has 1 aliphatic carbocycles. The summed E-state index contributed by atoms with van der Waals surface area (Å²) in [6.45, 7) is 28.8. The van der Waals surface area contributed by atoms with Crippen LogP contribution in [0.5, 0.6) is 0 Å². The average Bonchev–Trinajstić information content (AvgIpc) is 4.27. The first kappa shape index (κ1) is 60.1. The van der Waals surface area contributed by atoms with Crippen LogP contribution in [0.25, 0.3) is 33.5 Å². The number of nitro benzene ring substituents is 1. The summed E-state index contributed by atoms with van der Waals surface area (Å²) in [6.07, 6.45) is 9.96. The molecule has 12 rings (SSSR count). The summed E-state index contributed by atoms with van der Waals surface area (Å²) in [5.74, 6) is 0. The van der Waals surface area contributed by atoms with E-state index in [1.54, 1.807) is 36.9 Å². The van der Waals surface area contributed by atoms with Gasteiger partial charge in [0.2, 0.25) is 0 Å². The highest BCUT2D eigenvalue weighted by atomic mass is 16.6. The van der Waals surface area contributed by atoms with Crippen LogP contribution in [0.1, 0.15) is 90.2 Å². The predicted octanol–water partition coefficient (Wildman–Crippen LogP) is 16.7. The number of hydrogen-bond acceptors (Lipinski definition) is 7. The van der Waals surface area contributed by atoms with E-state index in [1.807, 2.05) is 72.0 Å². The van der Waals surface area contributed by atoms with Gasteiger partial charge in [-0.25, -0.2) is 0 Å². The molecule has 6 heterocycles. The second-order valence-electron chi connectivity index (χ2n) is 20.4. The van der Waals surface area contributed by atoms with Gasteiger partial charge in [0.15, 0.2) is 0 Å². The number of pyridine rings is 1. The molecule has 0 saturated carbocycles. The van der Waals surface area contributed by atoms with Gasteiger partial charge in [-0.2, -0.15) is 0 Å². The number of aryl methyl sites for hydroxylation is 14. The maximum absolute atomic E-state index is 10.5. The van der Waals surface area contributed by atoms with E-state index in [1.165, 1.54) is 90.7 Å². The minimum atomic E-state index is -0.390. The number of aromatic nitrogens is 8. The maximum atomic E-state index is 10.5. The fourth-order valence-electron chi connectivity index (χ4n) is 8.99. The highest BCUT2D eigenvalue weighted by molar-refractivity contribution is 5.80. The standard InChI is InChI=1S/C15H14.C12H12N2O2.C12H13N.C10H10N2.C7H11N.C7H9N.C6H8N2/c1-10-3-5-14-12(7-10)9-13-8-11(2)4-6-15(13)14;1-9-3-4-10(2)13(9)11-5-7-12(8-6-11)14(15)16;1-10-8-9-11(2)13(10)12-6-4-3-5-7-12;1-7-3-4-8(2)10-9(7)11-5-6-12-10;1-6-4-5-7(2)8(6)3;1-6-3-4-7(2)8-5-6;1-5-3-8-6(2)4-7-5/h3-8H,9H2,1-2H3;3-8H,1-2H3;3-9H,1-2H3;3-6H,1-2H3;4-5H,1-3H3;3-5H,1-2H3;3-4H,1-2H3. The van der Waals surface area contributed by atoms with Crippen LogP contribution in [0.15, 0.2) is 183 Å². The van der Waals surface area contributed by atoms with Crippen LogP contribution in [-0.2, 0) is 13.5 Å². The lowest BCUT2D eigenvalue weighted by Crippen LogP contribution is -1.98. The fourth-order valence-corrected chi connectivity index (χ4v) is 8.99. The van der Waals surface area contributed by atoms with Crippen molar-refractivity contribution in [2.24, 2.45) is 7.05 Å². The first-order chi connectivity index (χ1) is 38.2. The van der Waals surface area contributed by atoms with Crippen molar-refractivity contribution in [1.82, 2.24) is 38.6 Å². The normalized spacial score (nSPS) is 10.5. The number of nitrogens with zero attached hydrogens (tertiary/aromatic N) is 9. The molecule has 0 fully saturated rings. The molecular formula is C69H77N9O2. The number of hydrogen-bond donors (Lipinski definition) is 0. The van der Waals surface area contributed by atoms with Crippen LogP contribution in [0.3, 0.4) is 0 Å². The largest absolute Gasteiger partial charge is 0.352 e. The molecule has 6 aromatic heterocycles. The Bertz CT molecular complexity index is 3520. The van der Waals surface area contributed by atoms with Crippen molar-refractivity contribution in [2.45, 2.75) is 103 Å². The molecule has 11 nitrogen and oxygen atoms in total. The molecule has 11 heteroatoms. The fraction of sp³-hybridized carbons (Fsp3) is 0.232. The van der Waals surface area contributed by atoms with Gasteiger partial charge in [-0.15, -0.1) is 0 Å². The average molecular weight is 1060 g/mol. The second kappa shape index (κ2) is 28.5. The Morgan fingerprint density at radius 1 is 0.400 bits per heavy atom. The molecule has 0 radical (unpaired) electrons. The summed E-state index contributed by atoms with van der Waals surface area (Å²) < 4.78 is 6.48. The van der Waals surface area contributed by atoms with Gasteiger partial charge in [-0.3, -0.25) is 35.0 Å². The lowest BCUT2D eigenvalue weighted by molar-refractivity contribution is -0.384. The summed E-state index contributed by atoms with van der Waals surface area (Å²) in [5.41, 5.74) is 26.9. The number of para-hydroxylation sites is 1. The Labute approximate surface area is 474 Å². The number of non-ortho nitro benzene ring substituents is 1. The van der Waals surface area contributed by atoms with E-state index in [2.05, 4.69) is 204 Å². The topological polar surface area (TPSA) is 122 Å². The number of fused-ring (bicyclic) bond motifs is 4. The lowest BCUT2D eigenvalue weighted by atomic mass is 10.0. The van der Waals surface area contributed by atoms with Crippen molar-refractivity contribution in [2.75, 3.05) is 0 Å². The molecule has 0 bridgehead atoms. The molecule has 0 unspecified atom stereocenters. The van der Waals surface area contributed by atoms with Crippen LogP contribution in [0.2, 0.25) is 0 Å². The predicted molar refractivity (Wildman–Crippen MR) is 330 cm³/mol. The minimum absolute atomic E-state index is 0.117. The molecule has 11 aromatic rings. The van der Waals surface area contributed by atoms with E-state index >= 15 is 0 Å². The Kier molecular flexibility index (Phi) is 21.4. The minimum Gasteiger partial charge on any atom is -0.352 e. The van der Waals surface area contributed by atoms with E-state index in [0.29, 0.717) is 0 Å². The zero-order valence-corrected chi connectivity index (χ0v) is 49.4. The van der Waals surface area contributed by atoms with Crippen LogP contribution in [0.4, 0.5) is 5.69 Å². The Morgan fingerprint density at radius 3 is 1.16 bits per heavy atom. The monoisotopic (exact) mass is 1060 g/mol. The summed E-state index contributed by atoms with van der Waals surface area (Å²) in [4.78, 5) is 30.8. The highest BCUT2D eigenvalue weighted by Crippen LogP contribution is 2.37. The number of rotatable bonds is 3. The van der Waals surface area contributed by atoms with Gasteiger partial charge in [0.25, 0.3) is 5.69 Å². The van der Waals surface area contributed by atoms with E-state index in [-0.39, 0.29) is 10.6 Å². The van der Waals surface area contributed by atoms with E-state index in [4.69, 9.17) is 0 Å². The zero-order chi connectivity index (χ0) is 58.0. The third-order valence-electron chi connectivity index (χ3n) is 13.7. The molecule has 1 aliphatic rings. The molecule has 80 heavy (non-hydrogen) atoms. The highest BCUT2D eigenvalue weighted by Gasteiger charge is 2.18. The van der Waals surface area contributed by atoms with Crippen LogP contribution in [-0.4, -0.2) is 43.5 Å². The van der Waals surface area contributed by atoms with Crippen molar-refractivity contribution < 1.29 is 4.92 Å². The molecule has 5 aromatic carbocycles. The van der Waals surface area contributed by atoms with Gasteiger partial charge in [-0.1, -0.05) is 83.9 Å². The zero-order valence-electron chi connectivity index (χ0n) is 49.4. The molecule has 0 spiro atoms. The third kappa shape index (κ3) is 16.7. The molecule has 0 saturated heterocycles. The smallest absolute Gasteiger partial charge is 0.269 e. The van der Waals surface area contributed by atoms with E-state index < -0.39 is 0 Å². The van der Waals surface area contributed by atoms with Crippen LogP contribution in [0, 0.1) is 107 Å². The first-order valence-electron chi connectivity index (χ1n) is 26.9. The second-order valence-corrected chi connectivity index (χ2v) is 20.4. The van der Waals surface area contributed by atoms with Gasteiger partial charge in [-0.05, 0) is 209 Å². The van der Waals surface area contributed by atoms with Crippen molar-refractivity contribution in [1.29, 1.82) is 0 Å². The van der Waals surface area contributed by atoms with Gasteiger partial charge in [0.05, 0.1) is 27.3 Å². The Hall–Kier alpha value is -9.09. The lowest BCUT2D eigenvalue weighted by Gasteiger charge is -2.08. The van der Waals surface area contributed by atoms with Crippen molar-refractivity contribution in [3.05, 3.63) is 283 Å². The molecular weight excluding hydrogens is 987 g/mol. The Balaban J connectivity index is 0.000000153. The van der Waals surface area contributed by atoms with Crippen LogP contribution >= 0.6 is 0 Å². The van der Waals surface area contributed by atoms with Gasteiger partial charge in [0, 0.05) is 101 Å². The number of nitro groups is 1. The van der Waals surface area contributed by atoms with Gasteiger partial charge >= 0.3 is 0 Å². The van der Waals surface area contributed by atoms with Gasteiger partial charge < -0.3 is 13.7 Å². The SMILES string of the molecule is Cc1ccc(C)c2nccnc12.Cc1ccc(C)n1-c1ccc([N+](=O)[O-])cc1.Cc1ccc(C)n1-c1ccccc1.Cc1ccc(C)n1C.Cc1ccc(C)nc1.Cc1ccc2c(c1)Cc1cc(C)ccc1-2.Cc1cnc(C)cn1. The molecule has 410 valence electrons. The molecule has 0 aliphatic heterocycles. The summed E-state index contributed by atoms with van der Waals surface area (Å²) in [5, 5.41) is 10.5. The molecule has 0 amide bonds. The Morgan fingerprint density at radius 2 is 0.800 bits per heavy atom. The quantitative estimate of drug-likeness (QED) is 0.128. The van der Waals surface area contributed by atoms with Crippen LogP contribution < -0.4 is 0 Å². The summed E-state index contributed by atoms with van der Waals surface area (Å²) in [6, 6.07) is 51.3. The maximum Gasteiger partial charge on any atom is 0.269 e. The van der Waals surface area contributed by atoms with E-state index in [9.17, 15) is 10.1 Å². The van der Waals surface area contributed by atoms with Crippen molar-refractivity contribution in [3.8, 4) is 22.5 Å². The first-order valence-corrected chi connectivity index (χ1v) is 26.9. The van der Waals surface area contributed by atoms with Gasteiger partial charge in [0.1, 0.15) is 0 Å². The molecule has 0 atom stereocenters. The summed E-state index contributed by atoms with van der Waals surface area (Å²) >= 11 is 0. The third-order valence-corrected chi connectivity index (χ3v) is 13.7. The van der Waals surface area contributed by atoms with E-state index in [0.717, 1.165) is 51.6 Å². The summed E-state index contributed by atoms with van der Waals surface area (Å²) in [7, 11) is 2.07. The van der Waals surface area contributed by atoms with Crippen molar-refractivity contribution >= 4 is 16.7 Å². The van der Waals surface area contributed by atoms with Crippen molar-refractivity contribution in [3.63, 3.8) is 0 Å². The number of benzene rings is 5. The molecule has 0 N–H and O–H groups in total.